The number of aromatic nitrogens is 2. The fraction of sp³-hybridized carbons (Fsp3) is 0.429. The molecule has 1 aromatic heterocycles. The van der Waals surface area contributed by atoms with Crippen molar-refractivity contribution >= 4 is 44.6 Å². The van der Waals surface area contributed by atoms with Crippen molar-refractivity contribution in [2.45, 2.75) is 44.9 Å². The number of sulfone groups is 1. The number of halogens is 3. The minimum absolute atomic E-state index is 0.0661. The third kappa shape index (κ3) is 9.98. The van der Waals surface area contributed by atoms with Gasteiger partial charge in [0.05, 0.1) is 23.9 Å². The quantitative estimate of drug-likeness (QED) is 0.318. The maximum atomic E-state index is 12.2. The predicted molar refractivity (Wildman–Crippen MR) is 156 cm³/mol. The number of carbonyl (C=O) groups is 2. The second-order valence-corrected chi connectivity index (χ2v) is 12.2. The Hall–Kier alpha value is -4.14. The van der Waals surface area contributed by atoms with Gasteiger partial charge in [0.1, 0.15) is 15.7 Å². The van der Waals surface area contributed by atoms with Gasteiger partial charge in [0.25, 0.3) is 0 Å². The smallest absolute Gasteiger partial charge is 0.475 e. The third-order valence-electron chi connectivity index (χ3n) is 6.51. The number of rotatable bonds is 8. The molecule has 1 unspecified atom stereocenters. The number of nitrogens with one attached hydrogen (secondary N) is 2. The lowest BCUT2D eigenvalue weighted by molar-refractivity contribution is -0.192. The van der Waals surface area contributed by atoms with Crippen LogP contribution in [0.3, 0.4) is 0 Å². The highest BCUT2D eigenvalue weighted by Gasteiger charge is 2.38. The number of carboxylic acids is 1. The summed E-state index contributed by atoms with van der Waals surface area (Å²) >= 11 is 0. The molecule has 1 amide bonds. The molecule has 11 nitrogen and oxygen atoms in total. The van der Waals surface area contributed by atoms with Crippen LogP contribution in [0.5, 0.6) is 0 Å². The molecule has 1 aliphatic rings. The van der Waals surface area contributed by atoms with Crippen LogP contribution in [0.4, 0.5) is 29.7 Å². The van der Waals surface area contributed by atoms with E-state index in [1.54, 1.807) is 11.8 Å². The first-order valence-electron chi connectivity index (χ1n) is 13.4. The summed E-state index contributed by atoms with van der Waals surface area (Å²) in [5.41, 5.74) is 2.66. The number of alkyl halides is 3. The Bertz CT molecular complexity index is 1510. The zero-order valence-corrected chi connectivity index (χ0v) is 24.7. The van der Waals surface area contributed by atoms with Crippen LogP contribution < -0.4 is 10.6 Å². The zero-order valence-electron chi connectivity index (χ0n) is 23.9. The number of amides is 1. The molecule has 1 fully saturated rings. The van der Waals surface area contributed by atoms with E-state index in [1.165, 1.54) is 6.26 Å². The van der Waals surface area contributed by atoms with Gasteiger partial charge in [-0.1, -0.05) is 42.5 Å². The third-order valence-corrected chi connectivity index (χ3v) is 7.45. The Labute approximate surface area is 247 Å². The van der Waals surface area contributed by atoms with Crippen molar-refractivity contribution in [3.63, 3.8) is 0 Å². The average Bonchev–Trinajstić information content (AvgIpc) is 2.93. The molecule has 0 saturated carbocycles. The Morgan fingerprint density at radius 3 is 2.28 bits per heavy atom. The molecule has 0 radical (unpaired) electrons. The monoisotopic (exact) mass is 625 g/mol. The van der Waals surface area contributed by atoms with E-state index in [4.69, 9.17) is 24.6 Å². The maximum absolute atomic E-state index is 12.2. The first-order chi connectivity index (χ1) is 20.2. The molecule has 2 aromatic carbocycles. The van der Waals surface area contributed by atoms with Crippen molar-refractivity contribution in [2.24, 2.45) is 0 Å². The van der Waals surface area contributed by atoms with E-state index in [2.05, 4.69) is 10.6 Å². The Morgan fingerprint density at radius 1 is 1.09 bits per heavy atom. The molecule has 1 saturated heterocycles. The van der Waals surface area contributed by atoms with Crippen LogP contribution in [0.1, 0.15) is 36.9 Å². The van der Waals surface area contributed by atoms with E-state index < -0.39 is 28.0 Å². The van der Waals surface area contributed by atoms with Gasteiger partial charge < -0.3 is 25.4 Å². The van der Waals surface area contributed by atoms with E-state index >= 15 is 0 Å². The number of carbonyl (C=O) groups excluding carboxylic acids is 1. The molecular weight excluding hydrogens is 591 g/mol. The van der Waals surface area contributed by atoms with Crippen LogP contribution in [0, 0.1) is 6.92 Å². The van der Waals surface area contributed by atoms with Crippen molar-refractivity contribution < 1.29 is 41.0 Å². The number of para-hydroxylation sites is 1. The van der Waals surface area contributed by atoms with E-state index in [0.717, 1.165) is 34.9 Å². The molecule has 0 spiro atoms. The van der Waals surface area contributed by atoms with Gasteiger partial charge in [0.15, 0.2) is 0 Å². The Morgan fingerprint density at radius 2 is 1.72 bits per heavy atom. The highest BCUT2D eigenvalue weighted by Crippen LogP contribution is 2.29. The fourth-order valence-corrected chi connectivity index (χ4v) is 5.33. The highest BCUT2D eigenvalue weighted by atomic mass is 32.2. The van der Waals surface area contributed by atoms with Crippen molar-refractivity contribution in [1.29, 1.82) is 0 Å². The van der Waals surface area contributed by atoms with Crippen LogP contribution in [-0.2, 0) is 19.4 Å². The molecule has 1 aliphatic heterocycles. The van der Waals surface area contributed by atoms with Gasteiger partial charge in [-0.3, -0.25) is 0 Å². The molecule has 43 heavy (non-hydrogen) atoms. The second-order valence-electron chi connectivity index (χ2n) is 9.97. The molecule has 234 valence electrons. The van der Waals surface area contributed by atoms with Crippen LogP contribution >= 0.6 is 0 Å². The van der Waals surface area contributed by atoms with Crippen LogP contribution in [0.15, 0.2) is 48.5 Å². The molecule has 0 bridgehead atoms. The average molecular weight is 626 g/mol. The number of hydrogen-bond acceptors (Lipinski definition) is 9. The van der Waals surface area contributed by atoms with E-state index in [1.807, 2.05) is 55.5 Å². The zero-order chi connectivity index (χ0) is 31.8. The van der Waals surface area contributed by atoms with Gasteiger partial charge in [0, 0.05) is 30.8 Å². The molecule has 2 heterocycles. The summed E-state index contributed by atoms with van der Waals surface area (Å²) < 4.78 is 61.3. The number of nitrogens with zero attached hydrogens (tertiary/aromatic N) is 3. The van der Waals surface area contributed by atoms with Gasteiger partial charge in [-0.05, 0) is 43.9 Å². The largest absolute Gasteiger partial charge is 0.490 e. The van der Waals surface area contributed by atoms with E-state index in [0.29, 0.717) is 31.5 Å². The number of hydrogen-bond donors (Lipinski definition) is 3. The normalized spacial score (nSPS) is 14.8. The summed E-state index contributed by atoms with van der Waals surface area (Å²) in [6, 6.07) is 15.0. The van der Waals surface area contributed by atoms with Crippen LogP contribution in [0.25, 0.3) is 10.9 Å². The number of aliphatic carboxylic acids is 1. The number of likely N-dealkylation sites (tertiary alicyclic amines) is 1. The molecule has 15 heteroatoms. The van der Waals surface area contributed by atoms with E-state index in [9.17, 15) is 26.4 Å². The lowest BCUT2D eigenvalue weighted by Gasteiger charge is -2.31. The standard InChI is InChI=1S/C26H33N5O4S.C2HF3O2/c1-4-35-26(32)31-15-13-20(14-16-31)27-25-29-23-18(2)9-8-12-21(23)24(30-25)28-22(17-36(3,33)34)19-10-6-5-7-11-19;3-2(4,5)1(6)7/h5-12,20,22H,4,13-17H2,1-3H3,(H2,27,28,29,30);(H,6,7). The minimum Gasteiger partial charge on any atom is -0.475 e. The Kier molecular flexibility index (Phi) is 11.1. The predicted octanol–water partition coefficient (Wildman–Crippen LogP) is 4.80. The highest BCUT2D eigenvalue weighted by molar-refractivity contribution is 7.90. The van der Waals surface area contributed by atoms with Crippen molar-refractivity contribution in [2.75, 3.05) is 42.3 Å². The number of benzene rings is 2. The molecule has 0 aliphatic carbocycles. The second kappa shape index (κ2) is 14.4. The summed E-state index contributed by atoms with van der Waals surface area (Å²) in [5, 5.41) is 14.8. The summed E-state index contributed by atoms with van der Waals surface area (Å²) in [6.45, 7) is 5.35. The molecule has 4 rings (SSSR count). The molecular formula is C28H34F3N5O6S. The van der Waals surface area contributed by atoms with Gasteiger partial charge in [-0.2, -0.15) is 18.2 Å². The van der Waals surface area contributed by atoms with Crippen molar-refractivity contribution in [3.05, 3.63) is 59.7 Å². The van der Waals surface area contributed by atoms with E-state index in [-0.39, 0.29) is 17.9 Å². The first kappa shape index (κ1) is 33.4. The minimum atomic E-state index is -5.08. The van der Waals surface area contributed by atoms with Crippen molar-refractivity contribution in [1.82, 2.24) is 14.9 Å². The lowest BCUT2D eigenvalue weighted by Crippen LogP contribution is -2.42. The van der Waals surface area contributed by atoms with Crippen LogP contribution in [-0.4, -0.2) is 84.4 Å². The molecule has 1 atom stereocenters. The summed E-state index contributed by atoms with van der Waals surface area (Å²) in [4.78, 5) is 32.2. The fourth-order valence-electron chi connectivity index (χ4n) is 4.45. The SMILES string of the molecule is CCOC(=O)N1CCC(Nc2nc(NC(CS(C)(=O)=O)c3ccccc3)c3cccc(C)c3n2)CC1.O=C(O)C(F)(F)F. The summed E-state index contributed by atoms with van der Waals surface area (Å²) in [7, 11) is -3.27. The number of piperidine rings is 1. The van der Waals surface area contributed by atoms with Gasteiger partial charge in [0.2, 0.25) is 5.95 Å². The maximum Gasteiger partial charge on any atom is 0.490 e. The topological polar surface area (TPSA) is 151 Å². The van der Waals surface area contributed by atoms with Crippen LogP contribution in [0.2, 0.25) is 0 Å². The molecule has 3 aromatic rings. The number of ether oxygens (including phenoxy) is 1. The molecule has 3 N–H and O–H groups in total. The number of carboxylic acid groups (broad SMARTS) is 1. The summed E-state index contributed by atoms with van der Waals surface area (Å²) in [6.07, 6.45) is -2.63. The van der Waals surface area contributed by atoms with Gasteiger partial charge in [-0.25, -0.2) is 23.0 Å². The van der Waals surface area contributed by atoms with Gasteiger partial charge >= 0.3 is 18.2 Å². The Balaban J connectivity index is 0.000000646. The lowest BCUT2D eigenvalue weighted by atomic mass is 10.1. The number of aryl methyl sites for hydroxylation is 1. The number of anilines is 2. The number of fused-ring (bicyclic) bond motifs is 1. The summed E-state index contributed by atoms with van der Waals surface area (Å²) in [5.74, 6) is -1.77. The van der Waals surface area contributed by atoms with Gasteiger partial charge in [-0.15, -0.1) is 0 Å². The first-order valence-corrected chi connectivity index (χ1v) is 15.5. The van der Waals surface area contributed by atoms with Crippen molar-refractivity contribution in [3.8, 4) is 0 Å².